The van der Waals surface area contributed by atoms with Gasteiger partial charge in [-0.15, -0.1) is 0 Å². The summed E-state index contributed by atoms with van der Waals surface area (Å²) in [7, 11) is 1.60. The van der Waals surface area contributed by atoms with Gasteiger partial charge in [0.2, 0.25) is 5.75 Å². The molecule has 0 amide bonds. The summed E-state index contributed by atoms with van der Waals surface area (Å²) in [5.74, 6) is 1.69. The first-order valence-electron chi connectivity index (χ1n) is 7.22. The highest BCUT2D eigenvalue weighted by Gasteiger charge is 2.18. The lowest BCUT2D eigenvalue weighted by atomic mass is 10.1. The molecule has 1 atom stereocenters. The van der Waals surface area contributed by atoms with Crippen molar-refractivity contribution in [3.8, 4) is 11.6 Å². The minimum absolute atomic E-state index is 0.149. The van der Waals surface area contributed by atoms with Crippen LogP contribution in [0.15, 0.2) is 6.33 Å². The lowest BCUT2D eigenvalue weighted by Gasteiger charge is -2.22. The number of hydrogen-bond donors (Lipinski definition) is 1. The molecule has 20 heavy (non-hydrogen) atoms. The highest BCUT2D eigenvalue weighted by molar-refractivity contribution is 5.54. The largest absolute Gasteiger partial charge is 0.489 e. The maximum absolute atomic E-state index is 5.75. The Morgan fingerprint density at radius 2 is 2.30 bits per heavy atom. The predicted molar refractivity (Wildman–Crippen MR) is 76.5 cm³/mol. The van der Waals surface area contributed by atoms with E-state index in [0.29, 0.717) is 24.1 Å². The monoisotopic (exact) mass is 281 g/mol. The smallest absolute Gasteiger partial charge is 0.262 e. The summed E-state index contributed by atoms with van der Waals surface area (Å²) in [6.07, 6.45) is 6.01. The van der Waals surface area contributed by atoms with E-state index in [9.17, 15) is 0 Å². The summed E-state index contributed by atoms with van der Waals surface area (Å²) in [6.45, 7) is 4.25. The van der Waals surface area contributed by atoms with Crippen molar-refractivity contribution in [2.45, 2.75) is 38.7 Å². The number of methoxy groups -OCH3 is 1. The maximum atomic E-state index is 5.75. The van der Waals surface area contributed by atoms with Crippen LogP contribution < -0.4 is 14.8 Å². The van der Waals surface area contributed by atoms with Gasteiger partial charge in [0.25, 0.3) is 5.88 Å². The molecule has 0 radical (unpaired) electrons. The molecule has 0 aromatic carbocycles. The van der Waals surface area contributed by atoms with Crippen molar-refractivity contribution in [1.29, 1.82) is 0 Å². The topological polar surface area (TPSA) is 65.5 Å². The predicted octanol–water partition coefficient (Wildman–Crippen LogP) is 2.25. The second-order valence-corrected chi connectivity index (χ2v) is 4.79. The summed E-state index contributed by atoms with van der Waals surface area (Å²) in [4.78, 5) is 8.33. The molecule has 6 nitrogen and oxygen atoms in total. The third-order valence-electron chi connectivity index (χ3n) is 3.20. The number of rotatable bonds is 7. The van der Waals surface area contributed by atoms with Crippen molar-refractivity contribution >= 4 is 5.82 Å². The van der Waals surface area contributed by atoms with Gasteiger partial charge in [0.05, 0.1) is 13.2 Å². The van der Waals surface area contributed by atoms with E-state index in [-0.39, 0.29) is 6.10 Å². The lowest BCUT2D eigenvalue weighted by Crippen LogP contribution is -2.26. The highest BCUT2D eigenvalue weighted by atomic mass is 16.5. The zero-order valence-electron chi connectivity index (χ0n) is 12.2. The first-order valence-corrected chi connectivity index (χ1v) is 7.22. The van der Waals surface area contributed by atoms with Crippen LogP contribution in [0.1, 0.15) is 32.6 Å². The Labute approximate surface area is 119 Å². The van der Waals surface area contributed by atoms with Crippen LogP contribution in [0.2, 0.25) is 0 Å². The van der Waals surface area contributed by atoms with Gasteiger partial charge in [-0.05, 0) is 25.7 Å². The molecule has 1 aromatic heterocycles. The maximum Gasteiger partial charge on any atom is 0.262 e. The van der Waals surface area contributed by atoms with Crippen LogP contribution in [0.5, 0.6) is 11.6 Å². The van der Waals surface area contributed by atoms with Gasteiger partial charge in [0, 0.05) is 13.2 Å². The summed E-state index contributed by atoms with van der Waals surface area (Å²) in [5, 5.41) is 3.20. The van der Waals surface area contributed by atoms with Crippen LogP contribution in [-0.4, -0.2) is 42.9 Å². The minimum Gasteiger partial charge on any atom is -0.489 e. The Hall–Kier alpha value is -1.56. The van der Waals surface area contributed by atoms with Crippen LogP contribution in [0.4, 0.5) is 5.82 Å². The van der Waals surface area contributed by atoms with Crippen molar-refractivity contribution < 1.29 is 14.2 Å². The molecule has 2 heterocycles. The lowest BCUT2D eigenvalue weighted by molar-refractivity contribution is -0.0124. The third-order valence-corrected chi connectivity index (χ3v) is 3.20. The fourth-order valence-electron chi connectivity index (χ4n) is 2.12. The quantitative estimate of drug-likeness (QED) is 0.827. The van der Waals surface area contributed by atoms with Crippen LogP contribution in [0.25, 0.3) is 0 Å². The van der Waals surface area contributed by atoms with E-state index in [1.165, 1.54) is 12.7 Å². The molecule has 1 unspecified atom stereocenters. The van der Waals surface area contributed by atoms with E-state index < -0.39 is 0 Å². The summed E-state index contributed by atoms with van der Waals surface area (Å²) < 4.78 is 16.8. The molecule has 1 N–H and O–H groups in total. The molecule has 1 aromatic rings. The van der Waals surface area contributed by atoms with E-state index in [0.717, 1.165) is 32.4 Å². The second kappa shape index (κ2) is 7.89. The molecule has 1 saturated heterocycles. The number of ether oxygens (including phenoxy) is 3. The third kappa shape index (κ3) is 3.96. The first kappa shape index (κ1) is 14.8. The fourth-order valence-corrected chi connectivity index (χ4v) is 2.12. The van der Waals surface area contributed by atoms with Crippen molar-refractivity contribution in [2.75, 3.05) is 32.2 Å². The normalized spacial score (nSPS) is 18.6. The van der Waals surface area contributed by atoms with Crippen molar-refractivity contribution in [3.63, 3.8) is 0 Å². The number of nitrogens with zero attached hydrogens (tertiary/aromatic N) is 2. The van der Waals surface area contributed by atoms with Crippen LogP contribution >= 0.6 is 0 Å². The summed E-state index contributed by atoms with van der Waals surface area (Å²) in [5.41, 5.74) is 0. The average molecular weight is 281 g/mol. The molecular formula is C14H23N3O3. The molecule has 2 rings (SSSR count). The Bertz CT molecular complexity index is 409. The first-order chi connectivity index (χ1) is 9.85. The number of nitrogens with one attached hydrogen (secondary N) is 1. The highest BCUT2D eigenvalue weighted by Crippen LogP contribution is 2.31. The van der Waals surface area contributed by atoms with Gasteiger partial charge in [-0.3, -0.25) is 0 Å². The Morgan fingerprint density at radius 1 is 1.40 bits per heavy atom. The van der Waals surface area contributed by atoms with E-state index in [1.54, 1.807) is 7.11 Å². The summed E-state index contributed by atoms with van der Waals surface area (Å²) in [6, 6.07) is 0. The molecule has 0 saturated carbocycles. The van der Waals surface area contributed by atoms with Crippen LogP contribution in [0, 0.1) is 0 Å². The van der Waals surface area contributed by atoms with Crippen molar-refractivity contribution in [1.82, 2.24) is 9.97 Å². The van der Waals surface area contributed by atoms with Gasteiger partial charge < -0.3 is 19.5 Å². The molecule has 0 bridgehead atoms. The van der Waals surface area contributed by atoms with E-state index in [1.807, 2.05) is 0 Å². The average Bonchev–Trinajstić information content (AvgIpc) is 2.51. The van der Waals surface area contributed by atoms with Crippen molar-refractivity contribution in [3.05, 3.63) is 6.33 Å². The number of aromatic nitrogens is 2. The SMILES string of the molecule is CCCNc1ncnc(OCC2CCCCO2)c1OC. The summed E-state index contributed by atoms with van der Waals surface area (Å²) >= 11 is 0. The number of anilines is 1. The minimum atomic E-state index is 0.149. The van der Waals surface area contributed by atoms with E-state index in [4.69, 9.17) is 14.2 Å². The standard InChI is InChI=1S/C14H23N3O3/c1-3-7-15-13-12(18-2)14(17-10-16-13)20-9-11-6-4-5-8-19-11/h10-11H,3-9H2,1-2H3,(H,15,16,17). The molecular weight excluding hydrogens is 258 g/mol. The van der Waals surface area contributed by atoms with Crippen LogP contribution in [0.3, 0.4) is 0 Å². The van der Waals surface area contributed by atoms with E-state index in [2.05, 4.69) is 22.2 Å². The zero-order chi connectivity index (χ0) is 14.2. The van der Waals surface area contributed by atoms with Gasteiger partial charge in [-0.25, -0.2) is 4.98 Å². The number of hydrogen-bond acceptors (Lipinski definition) is 6. The molecule has 6 heteroatoms. The molecule has 1 aliphatic heterocycles. The Morgan fingerprint density at radius 3 is 3.00 bits per heavy atom. The fraction of sp³-hybridized carbons (Fsp3) is 0.714. The molecule has 1 aliphatic rings. The van der Waals surface area contributed by atoms with Gasteiger partial charge in [-0.1, -0.05) is 6.92 Å². The zero-order valence-corrected chi connectivity index (χ0v) is 12.2. The molecule has 112 valence electrons. The molecule has 0 spiro atoms. The van der Waals surface area contributed by atoms with Crippen LogP contribution in [-0.2, 0) is 4.74 Å². The molecule has 1 fully saturated rings. The van der Waals surface area contributed by atoms with Gasteiger partial charge in [-0.2, -0.15) is 4.98 Å². The Balaban J connectivity index is 1.98. The van der Waals surface area contributed by atoms with Gasteiger partial charge in [0.1, 0.15) is 12.9 Å². The molecule has 0 aliphatic carbocycles. The second-order valence-electron chi connectivity index (χ2n) is 4.79. The van der Waals surface area contributed by atoms with Crippen molar-refractivity contribution in [2.24, 2.45) is 0 Å². The van der Waals surface area contributed by atoms with E-state index >= 15 is 0 Å². The van der Waals surface area contributed by atoms with Gasteiger partial charge >= 0.3 is 0 Å². The van der Waals surface area contributed by atoms with Gasteiger partial charge in [0.15, 0.2) is 5.82 Å². The Kier molecular flexibility index (Phi) is 5.86.